The average Bonchev–Trinajstić information content (AvgIpc) is 2.54. The predicted molar refractivity (Wildman–Crippen MR) is 88.0 cm³/mol. The maximum atomic E-state index is 12.3. The van der Waals surface area contributed by atoms with Crippen molar-refractivity contribution >= 4 is 34.7 Å². The smallest absolute Gasteiger partial charge is 0.336 e. The Morgan fingerprint density at radius 2 is 2.21 bits per heavy atom. The minimum atomic E-state index is -0.906. The molecule has 2 rings (SSSR count). The maximum absolute atomic E-state index is 12.3. The highest BCUT2D eigenvalue weighted by molar-refractivity contribution is 6.67. The first kappa shape index (κ1) is 17.8. The van der Waals surface area contributed by atoms with Crippen LogP contribution in [0.25, 0.3) is 0 Å². The van der Waals surface area contributed by atoms with Crippen LogP contribution in [-0.4, -0.2) is 29.0 Å². The summed E-state index contributed by atoms with van der Waals surface area (Å²) in [5, 5.41) is 11.1. The fourth-order valence-corrected chi connectivity index (χ4v) is 2.97. The SMILES string of the molecule is CCOC(=O)C1=C(C)N=C(Cl)C(C=O)[C@H]1c1cccc([N+](=O)[O-])c1. The van der Waals surface area contributed by atoms with Crippen LogP contribution >= 0.6 is 11.6 Å². The molecule has 0 spiro atoms. The van der Waals surface area contributed by atoms with Gasteiger partial charge in [-0.3, -0.25) is 10.1 Å². The van der Waals surface area contributed by atoms with Crippen molar-refractivity contribution in [2.45, 2.75) is 19.8 Å². The van der Waals surface area contributed by atoms with E-state index in [0.29, 0.717) is 17.5 Å². The average molecular weight is 351 g/mol. The first-order valence-electron chi connectivity index (χ1n) is 7.22. The normalized spacial score (nSPS) is 20.4. The number of aliphatic imine (C=N–C) groups is 1. The van der Waals surface area contributed by atoms with Crippen LogP contribution < -0.4 is 0 Å². The van der Waals surface area contributed by atoms with Crippen LogP contribution in [0.5, 0.6) is 0 Å². The maximum Gasteiger partial charge on any atom is 0.336 e. The minimum absolute atomic E-state index is 0.0343. The molecule has 0 radical (unpaired) electrons. The van der Waals surface area contributed by atoms with Gasteiger partial charge in [-0.2, -0.15) is 0 Å². The Balaban J connectivity index is 2.62. The molecule has 0 amide bonds. The molecule has 8 heteroatoms. The number of halogens is 1. The number of carbonyl (C=O) groups is 2. The van der Waals surface area contributed by atoms with E-state index in [-0.39, 0.29) is 23.0 Å². The summed E-state index contributed by atoms with van der Waals surface area (Å²) in [5.74, 6) is -2.31. The molecule has 1 heterocycles. The van der Waals surface area contributed by atoms with Crippen molar-refractivity contribution < 1.29 is 19.2 Å². The largest absolute Gasteiger partial charge is 0.463 e. The number of carbonyl (C=O) groups excluding carboxylic acids is 2. The summed E-state index contributed by atoms with van der Waals surface area (Å²) in [4.78, 5) is 38.4. The van der Waals surface area contributed by atoms with Gasteiger partial charge in [0.1, 0.15) is 11.5 Å². The number of rotatable bonds is 5. The Kier molecular flexibility index (Phi) is 5.46. The third kappa shape index (κ3) is 3.35. The Hall–Kier alpha value is -2.54. The molecule has 1 unspecified atom stereocenters. The molecule has 0 N–H and O–H groups in total. The zero-order valence-electron chi connectivity index (χ0n) is 13.1. The number of nitro benzene ring substituents is 1. The van der Waals surface area contributed by atoms with Crippen molar-refractivity contribution in [2.24, 2.45) is 10.9 Å². The van der Waals surface area contributed by atoms with Crippen molar-refractivity contribution in [1.82, 2.24) is 0 Å². The van der Waals surface area contributed by atoms with Gasteiger partial charge in [0, 0.05) is 23.7 Å². The van der Waals surface area contributed by atoms with Gasteiger partial charge in [-0.15, -0.1) is 0 Å². The molecule has 1 aliphatic rings. The van der Waals surface area contributed by atoms with Gasteiger partial charge in [-0.1, -0.05) is 23.7 Å². The molecule has 7 nitrogen and oxygen atoms in total. The molecule has 0 saturated heterocycles. The number of nitrogens with zero attached hydrogens (tertiary/aromatic N) is 2. The van der Waals surface area contributed by atoms with Gasteiger partial charge in [-0.05, 0) is 19.4 Å². The summed E-state index contributed by atoms with van der Waals surface area (Å²) in [7, 11) is 0. The van der Waals surface area contributed by atoms with E-state index in [2.05, 4.69) is 4.99 Å². The fourth-order valence-electron chi connectivity index (χ4n) is 2.66. The zero-order chi connectivity index (χ0) is 17.9. The summed E-state index contributed by atoms with van der Waals surface area (Å²) < 4.78 is 5.05. The minimum Gasteiger partial charge on any atom is -0.463 e. The van der Waals surface area contributed by atoms with Crippen LogP contribution in [0.3, 0.4) is 0 Å². The van der Waals surface area contributed by atoms with E-state index in [1.807, 2.05) is 0 Å². The summed E-state index contributed by atoms with van der Waals surface area (Å²) in [6.45, 7) is 3.40. The lowest BCUT2D eigenvalue weighted by atomic mass is 9.79. The molecule has 0 aromatic heterocycles. The molecule has 24 heavy (non-hydrogen) atoms. The van der Waals surface area contributed by atoms with Crippen LogP contribution in [0.2, 0.25) is 0 Å². The molecule has 1 aromatic rings. The highest BCUT2D eigenvalue weighted by Crippen LogP contribution is 2.40. The number of allylic oxidation sites excluding steroid dienone is 1. The lowest BCUT2D eigenvalue weighted by Gasteiger charge is -2.28. The quantitative estimate of drug-likeness (QED) is 0.352. The highest BCUT2D eigenvalue weighted by Gasteiger charge is 2.38. The van der Waals surface area contributed by atoms with Crippen LogP contribution in [0.1, 0.15) is 25.3 Å². The first-order chi connectivity index (χ1) is 11.4. The number of hydrogen-bond acceptors (Lipinski definition) is 6. The Bertz CT molecular complexity index is 757. The van der Waals surface area contributed by atoms with Crippen LogP contribution in [0.4, 0.5) is 5.69 Å². The highest BCUT2D eigenvalue weighted by atomic mass is 35.5. The number of aldehydes is 1. The topological polar surface area (TPSA) is 98.9 Å². The lowest BCUT2D eigenvalue weighted by molar-refractivity contribution is -0.384. The second-order valence-electron chi connectivity index (χ2n) is 5.15. The molecular weight excluding hydrogens is 336 g/mol. The van der Waals surface area contributed by atoms with E-state index in [9.17, 15) is 19.7 Å². The number of nitro groups is 1. The van der Waals surface area contributed by atoms with Gasteiger partial charge < -0.3 is 9.53 Å². The van der Waals surface area contributed by atoms with Crippen molar-refractivity contribution in [3.63, 3.8) is 0 Å². The predicted octanol–water partition coefficient (Wildman–Crippen LogP) is 2.98. The van der Waals surface area contributed by atoms with E-state index in [4.69, 9.17) is 16.3 Å². The third-order valence-corrected chi connectivity index (χ3v) is 4.03. The zero-order valence-corrected chi connectivity index (χ0v) is 13.8. The molecule has 0 saturated carbocycles. The van der Waals surface area contributed by atoms with E-state index >= 15 is 0 Å². The van der Waals surface area contributed by atoms with Gasteiger partial charge >= 0.3 is 5.97 Å². The standard InChI is InChI=1S/C16H15ClN2O5/c1-3-24-16(21)13-9(2)18-15(17)12(8-20)14(13)10-5-4-6-11(7-10)19(22)23/h4-8,12,14H,3H2,1-2H3/t12?,14-/m1/s1. The second-order valence-corrected chi connectivity index (χ2v) is 5.53. The fraction of sp³-hybridized carbons (Fsp3) is 0.312. The Morgan fingerprint density at radius 3 is 2.79 bits per heavy atom. The number of non-ortho nitro benzene ring substituents is 1. The van der Waals surface area contributed by atoms with E-state index in [0.717, 1.165) is 0 Å². The van der Waals surface area contributed by atoms with Gasteiger partial charge in [-0.25, -0.2) is 9.79 Å². The molecule has 0 fully saturated rings. The molecular formula is C16H15ClN2O5. The van der Waals surface area contributed by atoms with E-state index in [1.54, 1.807) is 19.9 Å². The van der Waals surface area contributed by atoms with Crippen molar-refractivity contribution in [1.29, 1.82) is 0 Å². The summed E-state index contributed by atoms with van der Waals surface area (Å²) in [6, 6.07) is 5.75. The molecule has 1 aliphatic heterocycles. The van der Waals surface area contributed by atoms with Crippen LogP contribution in [0.15, 0.2) is 40.5 Å². The molecule has 2 atom stereocenters. The summed E-state index contributed by atoms with van der Waals surface area (Å²) >= 11 is 6.07. The Morgan fingerprint density at radius 1 is 1.50 bits per heavy atom. The van der Waals surface area contributed by atoms with Crippen molar-refractivity contribution in [3.05, 3.63) is 51.2 Å². The van der Waals surface area contributed by atoms with Crippen LogP contribution in [-0.2, 0) is 14.3 Å². The van der Waals surface area contributed by atoms with Crippen LogP contribution in [0, 0.1) is 16.0 Å². The van der Waals surface area contributed by atoms with Gasteiger partial charge in [0.25, 0.3) is 5.69 Å². The summed E-state index contributed by atoms with van der Waals surface area (Å²) in [5.41, 5.74) is 0.792. The molecule has 0 aliphatic carbocycles. The second kappa shape index (κ2) is 7.35. The number of benzene rings is 1. The van der Waals surface area contributed by atoms with Crippen molar-refractivity contribution in [2.75, 3.05) is 6.61 Å². The third-order valence-electron chi connectivity index (χ3n) is 3.69. The van der Waals surface area contributed by atoms with Crippen molar-refractivity contribution in [3.8, 4) is 0 Å². The number of ether oxygens (including phenoxy) is 1. The van der Waals surface area contributed by atoms with E-state index < -0.39 is 22.7 Å². The summed E-state index contributed by atoms with van der Waals surface area (Å²) in [6.07, 6.45) is 0.584. The van der Waals surface area contributed by atoms with Gasteiger partial charge in [0.05, 0.1) is 23.0 Å². The van der Waals surface area contributed by atoms with E-state index in [1.165, 1.54) is 18.2 Å². The first-order valence-corrected chi connectivity index (χ1v) is 7.60. The molecule has 1 aromatic carbocycles. The van der Waals surface area contributed by atoms with Gasteiger partial charge in [0.15, 0.2) is 0 Å². The van der Waals surface area contributed by atoms with Gasteiger partial charge in [0.2, 0.25) is 0 Å². The number of hydrogen-bond donors (Lipinski definition) is 0. The number of esters is 1. The Labute approximate surface area is 143 Å². The lowest BCUT2D eigenvalue weighted by Crippen LogP contribution is -2.30. The monoisotopic (exact) mass is 350 g/mol. The molecule has 126 valence electrons. The molecule has 0 bridgehead atoms.